The number of nitrogens with zero attached hydrogens (tertiary/aromatic N) is 2. The minimum atomic E-state index is -4.42. The quantitative estimate of drug-likeness (QED) is 0.733. The summed E-state index contributed by atoms with van der Waals surface area (Å²) in [6, 6.07) is 5.07. The van der Waals surface area contributed by atoms with Gasteiger partial charge in [0.1, 0.15) is 0 Å². The van der Waals surface area contributed by atoms with Gasteiger partial charge in [-0.1, -0.05) is 6.07 Å². The van der Waals surface area contributed by atoms with Gasteiger partial charge in [0.2, 0.25) is 0 Å². The number of hydrogen-bond donors (Lipinski definition) is 2. The molecule has 2 heterocycles. The van der Waals surface area contributed by atoms with Gasteiger partial charge in [-0.05, 0) is 62.9 Å². The van der Waals surface area contributed by atoms with Crippen LogP contribution in [0, 0.1) is 5.92 Å². The Hall–Kier alpha value is -2.06. The smallest absolute Gasteiger partial charge is 0.352 e. The molecule has 2 aromatic rings. The van der Waals surface area contributed by atoms with Crippen molar-refractivity contribution in [2.45, 2.75) is 37.8 Å². The summed E-state index contributed by atoms with van der Waals surface area (Å²) >= 11 is 0. The summed E-state index contributed by atoms with van der Waals surface area (Å²) in [6.07, 6.45) is 0.922. The lowest BCUT2D eigenvalue weighted by molar-refractivity contribution is -0.137. The molecule has 1 saturated carbocycles. The molecule has 2 fully saturated rings. The zero-order chi connectivity index (χ0) is 19.7. The van der Waals surface area contributed by atoms with E-state index in [0.29, 0.717) is 29.4 Å². The Labute approximate surface area is 173 Å². The second-order valence-corrected chi connectivity index (χ2v) is 7.58. The molecule has 0 radical (unpaired) electrons. The second-order valence-electron chi connectivity index (χ2n) is 7.58. The number of alkyl halides is 3. The van der Waals surface area contributed by atoms with Crippen LogP contribution < -0.4 is 10.6 Å². The van der Waals surface area contributed by atoms with Crippen LogP contribution in [0.1, 0.15) is 53.2 Å². The molecule has 1 saturated heterocycles. The molecule has 0 spiro atoms. The summed E-state index contributed by atoms with van der Waals surface area (Å²) in [5, 5.41) is 10.5. The number of amides is 1. The number of hydrogen-bond acceptors (Lipinski definition) is 3. The summed E-state index contributed by atoms with van der Waals surface area (Å²) < 4.78 is 40.7. The second kappa shape index (κ2) is 8.75. The lowest BCUT2D eigenvalue weighted by atomic mass is 10.1. The first-order chi connectivity index (χ1) is 13.4. The van der Waals surface area contributed by atoms with Crippen LogP contribution in [0.5, 0.6) is 0 Å². The third-order valence-corrected chi connectivity index (χ3v) is 5.43. The molecule has 1 aliphatic heterocycles. The average Bonchev–Trinajstić information content (AvgIpc) is 3.18. The first-order valence-electron chi connectivity index (χ1n) is 9.68. The summed E-state index contributed by atoms with van der Waals surface area (Å²) in [4.78, 5) is 12.7. The molecule has 2 N–H and O–H groups in total. The van der Waals surface area contributed by atoms with E-state index in [0.717, 1.165) is 50.9 Å². The van der Waals surface area contributed by atoms with Gasteiger partial charge in [0.15, 0.2) is 0 Å². The van der Waals surface area contributed by atoms with E-state index in [9.17, 15) is 18.0 Å². The molecule has 1 atom stereocenters. The molecule has 1 aliphatic carbocycles. The van der Waals surface area contributed by atoms with Crippen molar-refractivity contribution in [2.75, 3.05) is 19.6 Å². The molecule has 158 valence electrons. The molecule has 1 unspecified atom stereocenters. The van der Waals surface area contributed by atoms with E-state index in [1.165, 1.54) is 16.9 Å². The maximum atomic E-state index is 13.1. The van der Waals surface area contributed by atoms with Gasteiger partial charge in [0.05, 0.1) is 28.7 Å². The summed E-state index contributed by atoms with van der Waals surface area (Å²) in [5.74, 6) is 0.541. The fourth-order valence-electron chi connectivity index (χ4n) is 3.75. The van der Waals surface area contributed by atoms with Crippen LogP contribution in [0.15, 0.2) is 30.5 Å². The van der Waals surface area contributed by atoms with E-state index in [1.807, 2.05) is 0 Å². The van der Waals surface area contributed by atoms with E-state index in [1.54, 1.807) is 6.07 Å². The zero-order valence-electron chi connectivity index (χ0n) is 15.8. The summed E-state index contributed by atoms with van der Waals surface area (Å²) in [7, 11) is 0. The van der Waals surface area contributed by atoms with Gasteiger partial charge in [-0.3, -0.25) is 4.79 Å². The van der Waals surface area contributed by atoms with Crippen molar-refractivity contribution < 1.29 is 18.0 Å². The van der Waals surface area contributed by atoms with Crippen LogP contribution in [-0.4, -0.2) is 35.3 Å². The highest BCUT2D eigenvalue weighted by molar-refractivity contribution is 5.95. The van der Waals surface area contributed by atoms with Gasteiger partial charge in [-0.25, -0.2) is 4.68 Å². The fourth-order valence-corrected chi connectivity index (χ4v) is 3.75. The van der Waals surface area contributed by atoms with Gasteiger partial charge in [0.25, 0.3) is 5.91 Å². The van der Waals surface area contributed by atoms with Crippen LogP contribution in [0.25, 0.3) is 5.69 Å². The maximum Gasteiger partial charge on any atom is 0.416 e. The molecule has 29 heavy (non-hydrogen) atoms. The van der Waals surface area contributed by atoms with E-state index >= 15 is 0 Å². The normalized spacial score (nSPS) is 19.1. The zero-order valence-corrected chi connectivity index (χ0v) is 16.7. The third-order valence-electron chi connectivity index (χ3n) is 5.43. The van der Waals surface area contributed by atoms with E-state index < -0.39 is 11.7 Å². The fraction of sp³-hybridized carbons (Fsp3) is 0.500. The standard InChI is InChI=1S/C20H23F3N4O.ClH/c21-20(22,23)15-2-1-3-16(10-15)27-18(14-4-5-14)17(12-26-27)19(28)25-9-7-13-6-8-24-11-13;/h1-3,10,12-14,24H,4-9,11H2,(H,25,28);1H. The summed E-state index contributed by atoms with van der Waals surface area (Å²) in [6.45, 7) is 2.59. The number of aromatic nitrogens is 2. The number of carbonyl (C=O) groups excluding carboxylic acids is 1. The van der Waals surface area contributed by atoms with Crippen molar-refractivity contribution in [1.29, 1.82) is 0 Å². The largest absolute Gasteiger partial charge is 0.416 e. The van der Waals surface area contributed by atoms with E-state index in [4.69, 9.17) is 0 Å². The molecule has 0 bridgehead atoms. The monoisotopic (exact) mass is 428 g/mol. The Morgan fingerprint density at radius 2 is 2.07 bits per heavy atom. The molecule has 1 amide bonds. The minimum absolute atomic E-state index is 0. The maximum absolute atomic E-state index is 13.1. The SMILES string of the molecule is Cl.O=C(NCCC1CCNC1)c1cnn(-c2cccc(C(F)(F)F)c2)c1C1CC1. The predicted molar refractivity (Wildman–Crippen MR) is 106 cm³/mol. The first-order valence-corrected chi connectivity index (χ1v) is 9.68. The van der Waals surface area contributed by atoms with E-state index in [-0.39, 0.29) is 24.2 Å². The van der Waals surface area contributed by atoms with Gasteiger partial charge in [-0.15, -0.1) is 12.4 Å². The number of rotatable bonds is 6. The van der Waals surface area contributed by atoms with Crippen molar-refractivity contribution in [1.82, 2.24) is 20.4 Å². The number of carbonyl (C=O) groups is 1. The molecule has 9 heteroatoms. The number of halogens is 4. The molecule has 1 aromatic carbocycles. The lowest BCUT2D eigenvalue weighted by Crippen LogP contribution is -2.27. The molecule has 1 aromatic heterocycles. The van der Waals surface area contributed by atoms with Crippen molar-refractivity contribution in [3.63, 3.8) is 0 Å². The molecule has 4 rings (SSSR count). The topological polar surface area (TPSA) is 59.0 Å². The van der Waals surface area contributed by atoms with Crippen LogP contribution in [0.2, 0.25) is 0 Å². The Bertz CT molecular complexity index is 858. The highest BCUT2D eigenvalue weighted by atomic mass is 35.5. The van der Waals surface area contributed by atoms with Crippen molar-refractivity contribution in [3.05, 3.63) is 47.3 Å². The highest BCUT2D eigenvalue weighted by Gasteiger charge is 2.34. The third kappa shape index (κ3) is 4.93. The molecule has 2 aliphatic rings. The van der Waals surface area contributed by atoms with Gasteiger partial charge >= 0.3 is 6.18 Å². The Kier molecular flexibility index (Phi) is 6.53. The van der Waals surface area contributed by atoms with Gasteiger partial charge < -0.3 is 10.6 Å². The lowest BCUT2D eigenvalue weighted by Gasteiger charge is -2.12. The van der Waals surface area contributed by atoms with E-state index in [2.05, 4.69) is 15.7 Å². The predicted octanol–water partition coefficient (Wildman–Crippen LogP) is 3.92. The Morgan fingerprint density at radius 3 is 2.72 bits per heavy atom. The average molecular weight is 429 g/mol. The van der Waals surface area contributed by atoms with Crippen molar-refractivity contribution in [2.24, 2.45) is 5.92 Å². The van der Waals surface area contributed by atoms with Gasteiger partial charge in [0, 0.05) is 12.5 Å². The highest BCUT2D eigenvalue weighted by Crippen LogP contribution is 2.42. The van der Waals surface area contributed by atoms with Crippen LogP contribution in [-0.2, 0) is 6.18 Å². The van der Waals surface area contributed by atoms with Crippen LogP contribution >= 0.6 is 12.4 Å². The molecular weight excluding hydrogens is 405 g/mol. The van der Waals surface area contributed by atoms with Crippen LogP contribution in [0.4, 0.5) is 13.2 Å². The van der Waals surface area contributed by atoms with Crippen molar-refractivity contribution in [3.8, 4) is 5.69 Å². The molecular formula is C20H24ClF3N4O. The summed E-state index contributed by atoms with van der Waals surface area (Å²) in [5.41, 5.74) is 0.773. The van der Waals surface area contributed by atoms with Crippen LogP contribution in [0.3, 0.4) is 0 Å². The minimum Gasteiger partial charge on any atom is -0.352 e. The Balaban J connectivity index is 0.00000240. The Morgan fingerprint density at radius 1 is 1.28 bits per heavy atom. The first kappa shape index (κ1) is 21.6. The molecule has 5 nitrogen and oxygen atoms in total. The van der Waals surface area contributed by atoms with Gasteiger partial charge in [-0.2, -0.15) is 18.3 Å². The number of nitrogens with one attached hydrogen (secondary N) is 2. The van der Waals surface area contributed by atoms with Crippen molar-refractivity contribution >= 4 is 18.3 Å². The number of benzene rings is 1.